The maximum absolute atomic E-state index is 13.1. The van der Waals surface area contributed by atoms with Crippen LogP contribution in [0.3, 0.4) is 0 Å². The number of thiophene rings is 1. The van der Waals surface area contributed by atoms with Crippen molar-refractivity contribution in [2.24, 2.45) is 0 Å². The first-order valence-electron chi connectivity index (χ1n) is 5.01. The third-order valence-corrected chi connectivity index (χ3v) is 3.18. The van der Waals surface area contributed by atoms with Gasteiger partial charge < -0.3 is 15.4 Å². The van der Waals surface area contributed by atoms with E-state index in [2.05, 4.69) is 9.53 Å². The van der Waals surface area contributed by atoms with E-state index in [-0.39, 0.29) is 6.61 Å². The van der Waals surface area contributed by atoms with E-state index in [4.69, 9.17) is 5.53 Å². The molecule has 1 aromatic heterocycles. The maximum atomic E-state index is 13.1. The predicted octanol–water partition coefficient (Wildman–Crippen LogP) is 1.73. The first-order chi connectivity index (χ1) is 8.79. The van der Waals surface area contributed by atoms with Crippen molar-refractivity contribution in [3.63, 3.8) is 0 Å². The largest absolute Gasteiger partial charge is 0.457 e. The number of esters is 1. The molecular weight excluding hydrogens is 285 g/mol. The lowest BCUT2D eigenvalue weighted by molar-refractivity contribution is -0.246. The second-order valence-corrected chi connectivity index (χ2v) is 4.30. The summed E-state index contributed by atoms with van der Waals surface area (Å²) in [5.74, 6) is -1.54. The molecule has 1 aromatic rings. The number of halogens is 3. The average molecular weight is 294 g/mol. The van der Waals surface area contributed by atoms with Crippen LogP contribution in [0.1, 0.15) is 11.8 Å². The molecule has 19 heavy (non-hydrogen) atoms. The van der Waals surface area contributed by atoms with E-state index in [1.54, 1.807) is 0 Å². The molecule has 0 aliphatic carbocycles. The van der Waals surface area contributed by atoms with E-state index < -0.39 is 28.3 Å². The number of hydrogen-bond donors (Lipinski definition) is 1. The van der Waals surface area contributed by atoms with E-state index in [0.29, 0.717) is 11.3 Å². The number of rotatable bonds is 4. The van der Waals surface area contributed by atoms with Crippen LogP contribution < -0.4 is 0 Å². The highest BCUT2D eigenvalue weighted by Crippen LogP contribution is 2.41. The Morgan fingerprint density at radius 2 is 2.21 bits per heavy atom. The molecule has 0 saturated carbocycles. The van der Waals surface area contributed by atoms with E-state index in [1.807, 2.05) is 0 Å². The molecule has 1 heterocycles. The van der Waals surface area contributed by atoms with Gasteiger partial charge in [0.1, 0.15) is 0 Å². The van der Waals surface area contributed by atoms with Gasteiger partial charge in [-0.3, -0.25) is 0 Å². The fraction of sp³-hybridized carbons (Fsp3) is 0.400. The molecule has 5 nitrogen and oxygen atoms in total. The molecule has 0 saturated heterocycles. The first kappa shape index (κ1) is 15.4. The van der Waals surface area contributed by atoms with Crippen molar-refractivity contribution in [3.05, 3.63) is 27.9 Å². The van der Waals surface area contributed by atoms with Crippen molar-refractivity contribution in [1.29, 1.82) is 0 Å². The average Bonchev–Trinajstić information content (AvgIpc) is 2.82. The highest BCUT2D eigenvalue weighted by Gasteiger charge is 2.67. The Hall–Kier alpha value is -1.70. The van der Waals surface area contributed by atoms with E-state index in [9.17, 15) is 23.1 Å². The Kier molecular flexibility index (Phi) is 4.46. The standard InChI is InChI=1S/C10H9F3N2O3S/c1-2-18-8(16)7(15-14)9(17,10(11,12)13)6-4-3-5-19-6/h3-5,17H,2H2,1H3. The number of hydrogen-bond acceptors (Lipinski definition) is 4. The smallest absolute Gasteiger partial charge is 0.434 e. The van der Waals surface area contributed by atoms with Crippen molar-refractivity contribution in [2.75, 3.05) is 6.61 Å². The molecule has 0 bridgehead atoms. The molecule has 0 aliphatic heterocycles. The first-order valence-corrected chi connectivity index (χ1v) is 5.89. The van der Waals surface area contributed by atoms with Gasteiger partial charge in [-0.05, 0) is 18.4 Å². The van der Waals surface area contributed by atoms with Crippen LogP contribution in [0.15, 0.2) is 17.5 Å². The predicted molar refractivity (Wildman–Crippen MR) is 59.5 cm³/mol. The van der Waals surface area contributed by atoms with Gasteiger partial charge in [-0.15, -0.1) is 11.3 Å². The Balaban J connectivity index is 3.42. The Morgan fingerprint density at radius 1 is 1.58 bits per heavy atom. The molecular formula is C10H9F3N2O3S. The topological polar surface area (TPSA) is 82.9 Å². The Bertz CT molecular complexity index is 509. The third kappa shape index (κ3) is 2.67. The van der Waals surface area contributed by atoms with Gasteiger partial charge in [0.05, 0.1) is 11.5 Å². The normalized spacial score (nSPS) is 14.4. The van der Waals surface area contributed by atoms with Gasteiger partial charge in [0, 0.05) is 0 Å². The number of alkyl halides is 3. The molecule has 1 N–H and O–H groups in total. The third-order valence-electron chi connectivity index (χ3n) is 2.20. The number of carbonyl (C=O) groups is 1. The highest BCUT2D eigenvalue weighted by atomic mass is 32.1. The van der Waals surface area contributed by atoms with Crippen molar-refractivity contribution in [2.45, 2.75) is 18.7 Å². The van der Waals surface area contributed by atoms with Gasteiger partial charge in [-0.1, -0.05) is 6.07 Å². The molecule has 1 rings (SSSR count). The number of aliphatic hydroxyl groups is 1. The summed E-state index contributed by atoms with van der Waals surface area (Å²) in [6, 6.07) is 2.24. The van der Waals surface area contributed by atoms with Crippen LogP contribution in [-0.4, -0.2) is 34.4 Å². The second kappa shape index (κ2) is 5.52. The quantitative estimate of drug-likeness (QED) is 0.397. The van der Waals surface area contributed by atoms with Gasteiger partial charge in [0.25, 0.3) is 0 Å². The van der Waals surface area contributed by atoms with Crippen molar-refractivity contribution in [3.8, 4) is 0 Å². The van der Waals surface area contributed by atoms with Crippen molar-refractivity contribution < 1.29 is 32.6 Å². The summed E-state index contributed by atoms with van der Waals surface area (Å²) in [5.41, 5.74) is 3.42. The molecule has 9 heteroatoms. The van der Waals surface area contributed by atoms with E-state index >= 15 is 0 Å². The minimum absolute atomic E-state index is 0.226. The van der Waals surface area contributed by atoms with Gasteiger partial charge >= 0.3 is 23.5 Å². The maximum Gasteiger partial charge on any atom is 0.434 e. The lowest BCUT2D eigenvalue weighted by Crippen LogP contribution is -2.52. The molecule has 0 aromatic carbocycles. The van der Waals surface area contributed by atoms with Crippen LogP contribution in [0.5, 0.6) is 0 Å². The molecule has 0 spiro atoms. The molecule has 0 aliphatic rings. The monoisotopic (exact) mass is 294 g/mol. The SMILES string of the molecule is CCOC(=O)C(=[N+]=[N-])C(O)(c1cccs1)C(F)(F)F. The lowest BCUT2D eigenvalue weighted by atomic mass is 9.94. The molecule has 0 amide bonds. The van der Waals surface area contributed by atoms with Crippen molar-refractivity contribution in [1.82, 2.24) is 0 Å². The van der Waals surface area contributed by atoms with Crippen LogP contribution in [0, 0.1) is 0 Å². The summed E-state index contributed by atoms with van der Waals surface area (Å²) in [6.07, 6.45) is -5.24. The van der Waals surface area contributed by atoms with Crippen LogP contribution >= 0.6 is 11.3 Å². The summed E-state index contributed by atoms with van der Waals surface area (Å²) >= 11 is 0.566. The Labute approximate surface area is 109 Å². The summed E-state index contributed by atoms with van der Waals surface area (Å²) in [7, 11) is 0. The van der Waals surface area contributed by atoms with Gasteiger partial charge in [0.2, 0.25) is 0 Å². The van der Waals surface area contributed by atoms with Gasteiger partial charge in [0.15, 0.2) is 0 Å². The zero-order valence-electron chi connectivity index (χ0n) is 9.64. The fourth-order valence-corrected chi connectivity index (χ4v) is 2.18. The summed E-state index contributed by atoms with van der Waals surface area (Å²) < 4.78 is 43.5. The molecule has 1 atom stereocenters. The van der Waals surface area contributed by atoms with Crippen molar-refractivity contribution >= 4 is 23.0 Å². The Morgan fingerprint density at radius 3 is 2.58 bits per heavy atom. The number of nitrogens with zero attached hydrogens (tertiary/aromatic N) is 2. The summed E-state index contributed by atoms with van der Waals surface area (Å²) in [6.45, 7) is 1.14. The molecule has 104 valence electrons. The summed E-state index contributed by atoms with van der Waals surface area (Å²) in [4.78, 5) is 13.1. The second-order valence-electron chi connectivity index (χ2n) is 3.35. The zero-order chi connectivity index (χ0) is 14.7. The van der Waals surface area contributed by atoms with Gasteiger partial charge in [-0.2, -0.15) is 18.0 Å². The molecule has 0 fully saturated rings. The minimum Gasteiger partial charge on any atom is -0.457 e. The molecule has 1 unspecified atom stereocenters. The lowest BCUT2D eigenvalue weighted by Gasteiger charge is -2.24. The van der Waals surface area contributed by atoms with E-state index in [0.717, 1.165) is 6.07 Å². The number of carbonyl (C=O) groups excluding carboxylic acids is 1. The fourth-order valence-electron chi connectivity index (χ4n) is 1.34. The minimum atomic E-state index is -5.24. The zero-order valence-corrected chi connectivity index (χ0v) is 10.5. The highest BCUT2D eigenvalue weighted by molar-refractivity contribution is 7.10. The van der Waals surface area contributed by atoms with Crippen LogP contribution in [0.2, 0.25) is 0 Å². The van der Waals surface area contributed by atoms with E-state index in [1.165, 1.54) is 18.4 Å². The van der Waals surface area contributed by atoms with Crippen LogP contribution in [-0.2, 0) is 15.1 Å². The molecule has 0 radical (unpaired) electrons. The van der Waals surface area contributed by atoms with Crippen LogP contribution in [0.4, 0.5) is 13.2 Å². The number of ether oxygens (including phenoxy) is 1. The van der Waals surface area contributed by atoms with Crippen LogP contribution in [0.25, 0.3) is 5.53 Å². The van der Waals surface area contributed by atoms with Gasteiger partial charge in [-0.25, -0.2) is 4.79 Å². The summed E-state index contributed by atoms with van der Waals surface area (Å²) in [5, 5.41) is 11.1.